The largest absolute Gasteiger partial charge is 0.397 e. The van der Waals surface area contributed by atoms with Gasteiger partial charge in [-0.2, -0.15) is 0 Å². The standard InChI is InChI=1S/C17H15N3O/c1-11-9-13(18)10-19-16(11)20-17(21)15-8-4-6-12-5-2-3-7-14(12)15/h2-10H,18H2,1H3,(H,19,20,21). The van der Waals surface area contributed by atoms with E-state index in [1.54, 1.807) is 6.07 Å². The minimum atomic E-state index is -0.174. The van der Waals surface area contributed by atoms with E-state index >= 15 is 0 Å². The first-order chi connectivity index (χ1) is 10.1. The van der Waals surface area contributed by atoms with E-state index in [2.05, 4.69) is 10.3 Å². The van der Waals surface area contributed by atoms with E-state index in [9.17, 15) is 4.79 Å². The zero-order valence-electron chi connectivity index (χ0n) is 11.6. The first-order valence-electron chi connectivity index (χ1n) is 6.66. The highest BCUT2D eigenvalue weighted by Gasteiger charge is 2.11. The lowest BCUT2D eigenvalue weighted by Crippen LogP contribution is -2.14. The van der Waals surface area contributed by atoms with Crippen molar-refractivity contribution in [2.24, 2.45) is 0 Å². The van der Waals surface area contributed by atoms with E-state index in [-0.39, 0.29) is 5.91 Å². The topological polar surface area (TPSA) is 68.0 Å². The lowest BCUT2D eigenvalue weighted by molar-refractivity contribution is 0.102. The van der Waals surface area contributed by atoms with Crippen LogP contribution in [0.2, 0.25) is 0 Å². The summed E-state index contributed by atoms with van der Waals surface area (Å²) in [6.45, 7) is 1.86. The molecule has 0 aliphatic carbocycles. The molecule has 0 saturated heterocycles. The van der Waals surface area contributed by atoms with Crippen LogP contribution < -0.4 is 11.1 Å². The number of aromatic nitrogens is 1. The Morgan fingerprint density at radius 3 is 2.71 bits per heavy atom. The van der Waals surface area contributed by atoms with E-state index in [1.165, 1.54) is 6.20 Å². The number of carbonyl (C=O) groups is 1. The molecule has 21 heavy (non-hydrogen) atoms. The number of nitrogens with zero attached hydrogens (tertiary/aromatic N) is 1. The molecule has 3 aromatic rings. The number of fused-ring (bicyclic) bond motifs is 1. The molecule has 4 nitrogen and oxygen atoms in total. The van der Waals surface area contributed by atoms with E-state index in [4.69, 9.17) is 5.73 Å². The van der Waals surface area contributed by atoms with Gasteiger partial charge < -0.3 is 11.1 Å². The zero-order chi connectivity index (χ0) is 14.8. The number of aryl methyl sites for hydroxylation is 1. The van der Waals surface area contributed by atoms with Crippen molar-refractivity contribution in [2.75, 3.05) is 11.1 Å². The third-order valence-electron chi connectivity index (χ3n) is 3.37. The lowest BCUT2D eigenvalue weighted by atomic mass is 10.0. The number of nitrogen functional groups attached to an aromatic ring is 1. The highest BCUT2D eigenvalue weighted by Crippen LogP contribution is 2.20. The SMILES string of the molecule is Cc1cc(N)cnc1NC(=O)c1cccc2ccccc12. The van der Waals surface area contributed by atoms with E-state index in [1.807, 2.05) is 49.4 Å². The molecule has 4 heteroatoms. The summed E-state index contributed by atoms with van der Waals surface area (Å²) in [5, 5.41) is 4.80. The molecule has 0 saturated carbocycles. The second kappa shape index (κ2) is 5.25. The summed E-state index contributed by atoms with van der Waals surface area (Å²) in [6.07, 6.45) is 1.53. The number of carbonyl (C=O) groups excluding carboxylic acids is 1. The van der Waals surface area contributed by atoms with Crippen molar-refractivity contribution in [3.63, 3.8) is 0 Å². The summed E-state index contributed by atoms with van der Waals surface area (Å²) in [4.78, 5) is 16.6. The highest BCUT2D eigenvalue weighted by atomic mass is 16.1. The Labute approximate surface area is 122 Å². The number of nitrogens with two attached hydrogens (primary N) is 1. The minimum absolute atomic E-state index is 0.174. The van der Waals surface area contributed by atoms with Gasteiger partial charge in [0, 0.05) is 5.56 Å². The Kier molecular flexibility index (Phi) is 3.28. The fourth-order valence-corrected chi connectivity index (χ4v) is 2.33. The molecule has 1 amide bonds. The Morgan fingerprint density at radius 1 is 1.14 bits per heavy atom. The lowest BCUT2D eigenvalue weighted by Gasteiger charge is -2.09. The van der Waals surface area contributed by atoms with Gasteiger partial charge >= 0.3 is 0 Å². The number of hydrogen-bond acceptors (Lipinski definition) is 3. The number of anilines is 2. The average Bonchev–Trinajstić information content (AvgIpc) is 2.49. The first-order valence-corrected chi connectivity index (χ1v) is 6.66. The molecular formula is C17H15N3O. The average molecular weight is 277 g/mol. The van der Waals surface area contributed by atoms with Gasteiger partial charge in [-0.15, -0.1) is 0 Å². The molecule has 0 radical (unpaired) electrons. The summed E-state index contributed by atoms with van der Waals surface area (Å²) >= 11 is 0. The van der Waals surface area contributed by atoms with Crippen LogP contribution in [0.1, 0.15) is 15.9 Å². The molecule has 0 aliphatic rings. The molecule has 0 aliphatic heterocycles. The third-order valence-corrected chi connectivity index (χ3v) is 3.37. The Balaban J connectivity index is 1.97. The monoisotopic (exact) mass is 277 g/mol. The zero-order valence-corrected chi connectivity index (χ0v) is 11.6. The van der Waals surface area contributed by atoms with Crippen molar-refractivity contribution >= 4 is 28.2 Å². The van der Waals surface area contributed by atoms with Crippen LogP contribution in [0.15, 0.2) is 54.7 Å². The molecule has 0 spiro atoms. The van der Waals surface area contributed by atoms with Crippen molar-refractivity contribution in [3.8, 4) is 0 Å². The van der Waals surface area contributed by atoms with Crippen molar-refractivity contribution < 1.29 is 4.79 Å². The smallest absolute Gasteiger partial charge is 0.257 e. The van der Waals surface area contributed by atoms with Gasteiger partial charge in [0.05, 0.1) is 11.9 Å². The van der Waals surface area contributed by atoms with Crippen molar-refractivity contribution in [2.45, 2.75) is 6.92 Å². The van der Waals surface area contributed by atoms with Crippen LogP contribution in [-0.4, -0.2) is 10.9 Å². The summed E-state index contributed by atoms with van der Waals surface area (Å²) in [7, 11) is 0. The predicted octanol–water partition coefficient (Wildman–Crippen LogP) is 3.38. The quantitative estimate of drug-likeness (QED) is 0.754. The van der Waals surface area contributed by atoms with Gasteiger partial charge in [-0.05, 0) is 35.4 Å². The van der Waals surface area contributed by atoms with Gasteiger partial charge in [0.1, 0.15) is 5.82 Å². The Bertz CT molecular complexity index is 822. The van der Waals surface area contributed by atoms with Crippen LogP contribution in [0.5, 0.6) is 0 Å². The third kappa shape index (κ3) is 2.56. The summed E-state index contributed by atoms with van der Waals surface area (Å²) < 4.78 is 0. The second-order valence-electron chi connectivity index (χ2n) is 4.91. The molecule has 0 fully saturated rings. The molecule has 1 aromatic heterocycles. The fraction of sp³-hybridized carbons (Fsp3) is 0.0588. The van der Waals surface area contributed by atoms with Crippen molar-refractivity contribution in [3.05, 3.63) is 65.9 Å². The first kappa shape index (κ1) is 13.1. The van der Waals surface area contributed by atoms with Gasteiger partial charge in [0.15, 0.2) is 0 Å². The molecule has 3 rings (SSSR count). The van der Waals surface area contributed by atoms with Crippen molar-refractivity contribution in [1.29, 1.82) is 0 Å². The van der Waals surface area contributed by atoms with E-state index in [0.29, 0.717) is 17.1 Å². The molecular weight excluding hydrogens is 262 g/mol. The van der Waals surface area contributed by atoms with E-state index < -0.39 is 0 Å². The molecule has 0 atom stereocenters. The fourth-order valence-electron chi connectivity index (χ4n) is 2.33. The maximum atomic E-state index is 12.5. The van der Waals surface area contributed by atoms with Crippen LogP contribution in [0, 0.1) is 6.92 Å². The number of amides is 1. The van der Waals surface area contributed by atoms with Crippen LogP contribution >= 0.6 is 0 Å². The summed E-state index contributed by atoms with van der Waals surface area (Å²) in [5.41, 5.74) is 7.72. The normalized spacial score (nSPS) is 10.5. The molecule has 1 heterocycles. The number of benzene rings is 2. The second-order valence-corrected chi connectivity index (χ2v) is 4.91. The maximum Gasteiger partial charge on any atom is 0.257 e. The molecule has 0 unspecified atom stereocenters. The molecule has 0 bridgehead atoms. The number of hydrogen-bond donors (Lipinski definition) is 2. The highest BCUT2D eigenvalue weighted by molar-refractivity contribution is 6.12. The van der Waals surface area contributed by atoms with Gasteiger partial charge in [0.2, 0.25) is 0 Å². The van der Waals surface area contributed by atoms with E-state index in [0.717, 1.165) is 16.3 Å². The molecule has 2 aromatic carbocycles. The predicted molar refractivity (Wildman–Crippen MR) is 85.3 cm³/mol. The minimum Gasteiger partial charge on any atom is -0.397 e. The number of nitrogens with one attached hydrogen (secondary N) is 1. The van der Waals surface area contributed by atoms with Crippen LogP contribution in [0.4, 0.5) is 11.5 Å². The van der Waals surface area contributed by atoms with Crippen molar-refractivity contribution in [1.82, 2.24) is 4.98 Å². The molecule has 3 N–H and O–H groups in total. The molecule has 104 valence electrons. The summed E-state index contributed by atoms with van der Waals surface area (Å²) in [6, 6.07) is 15.3. The summed E-state index contributed by atoms with van der Waals surface area (Å²) in [5.74, 6) is 0.356. The van der Waals surface area contributed by atoms with Gasteiger partial charge in [-0.25, -0.2) is 4.98 Å². The number of rotatable bonds is 2. The number of pyridine rings is 1. The van der Waals surface area contributed by atoms with Gasteiger partial charge in [-0.3, -0.25) is 4.79 Å². The van der Waals surface area contributed by atoms with Crippen LogP contribution in [0.25, 0.3) is 10.8 Å². The maximum absolute atomic E-state index is 12.5. The van der Waals surface area contributed by atoms with Crippen LogP contribution in [0.3, 0.4) is 0 Å². The van der Waals surface area contributed by atoms with Crippen LogP contribution in [-0.2, 0) is 0 Å². The Hall–Kier alpha value is -2.88. The Morgan fingerprint density at radius 2 is 1.90 bits per heavy atom. The van der Waals surface area contributed by atoms with Gasteiger partial charge in [0.25, 0.3) is 5.91 Å². The van der Waals surface area contributed by atoms with Gasteiger partial charge in [-0.1, -0.05) is 36.4 Å².